The van der Waals surface area contributed by atoms with Crippen LogP contribution in [0.15, 0.2) is 18.2 Å². The summed E-state index contributed by atoms with van der Waals surface area (Å²) in [6.45, 7) is 8.08. The summed E-state index contributed by atoms with van der Waals surface area (Å²) >= 11 is 0. The molecule has 0 radical (unpaired) electrons. The molecule has 0 amide bonds. The van der Waals surface area contributed by atoms with Crippen molar-refractivity contribution in [2.75, 3.05) is 19.7 Å². The second-order valence-electron chi connectivity index (χ2n) is 4.98. The van der Waals surface area contributed by atoms with Gasteiger partial charge in [-0.05, 0) is 31.9 Å². The number of carbonyl (C=O) groups excluding carboxylic acids is 1. The minimum atomic E-state index is -0.0755. The monoisotopic (exact) mass is 247 g/mol. The minimum absolute atomic E-state index is 0.0505. The van der Waals surface area contributed by atoms with Crippen molar-refractivity contribution in [1.82, 2.24) is 5.32 Å². The van der Waals surface area contributed by atoms with Crippen LogP contribution in [0.1, 0.15) is 29.5 Å². The van der Waals surface area contributed by atoms with Gasteiger partial charge in [-0.15, -0.1) is 0 Å². The van der Waals surface area contributed by atoms with Gasteiger partial charge in [-0.3, -0.25) is 4.79 Å². The van der Waals surface area contributed by atoms with Gasteiger partial charge in [0.05, 0.1) is 12.5 Å². The highest BCUT2D eigenvalue weighted by Crippen LogP contribution is 2.31. The van der Waals surface area contributed by atoms with Gasteiger partial charge in [0, 0.05) is 19.0 Å². The predicted molar refractivity (Wildman–Crippen MR) is 71.6 cm³/mol. The molecule has 0 unspecified atom stereocenters. The smallest absolute Gasteiger partial charge is 0.310 e. The highest BCUT2D eigenvalue weighted by molar-refractivity contribution is 5.74. The highest BCUT2D eigenvalue weighted by atomic mass is 16.5. The summed E-state index contributed by atoms with van der Waals surface area (Å²) in [5, 5.41) is 3.31. The van der Waals surface area contributed by atoms with Crippen molar-refractivity contribution >= 4 is 5.97 Å². The largest absolute Gasteiger partial charge is 0.466 e. The Balaban J connectivity index is 2.25. The molecule has 0 spiro atoms. The quantitative estimate of drug-likeness (QED) is 0.832. The lowest BCUT2D eigenvalue weighted by atomic mass is 9.85. The maximum atomic E-state index is 12.0. The second-order valence-corrected chi connectivity index (χ2v) is 4.98. The third-order valence-corrected chi connectivity index (χ3v) is 3.64. The summed E-state index contributed by atoms with van der Waals surface area (Å²) in [5.74, 6) is 0.114. The molecule has 1 aliphatic heterocycles. The zero-order chi connectivity index (χ0) is 13.1. The fourth-order valence-corrected chi connectivity index (χ4v) is 2.66. The number of nitrogens with one attached hydrogen (secondary N) is 1. The lowest BCUT2D eigenvalue weighted by molar-refractivity contribution is -0.147. The molecular weight excluding hydrogens is 226 g/mol. The number of ether oxygens (including phenoxy) is 1. The topological polar surface area (TPSA) is 38.3 Å². The van der Waals surface area contributed by atoms with Crippen molar-refractivity contribution in [2.24, 2.45) is 5.92 Å². The van der Waals surface area contributed by atoms with Crippen molar-refractivity contribution in [2.45, 2.75) is 26.7 Å². The van der Waals surface area contributed by atoms with Gasteiger partial charge >= 0.3 is 5.97 Å². The third kappa shape index (κ3) is 2.56. The van der Waals surface area contributed by atoms with E-state index in [9.17, 15) is 4.79 Å². The van der Waals surface area contributed by atoms with E-state index in [0.29, 0.717) is 6.61 Å². The molecule has 1 heterocycles. The molecule has 18 heavy (non-hydrogen) atoms. The van der Waals surface area contributed by atoms with Gasteiger partial charge in [0.25, 0.3) is 0 Å². The summed E-state index contributed by atoms with van der Waals surface area (Å²) in [4.78, 5) is 12.0. The summed E-state index contributed by atoms with van der Waals surface area (Å²) < 4.78 is 5.17. The van der Waals surface area contributed by atoms with Crippen LogP contribution in [0.2, 0.25) is 0 Å². The lowest BCUT2D eigenvalue weighted by Gasteiger charge is -2.19. The van der Waals surface area contributed by atoms with Gasteiger partial charge < -0.3 is 10.1 Å². The average Bonchev–Trinajstić information content (AvgIpc) is 2.81. The molecule has 0 saturated carbocycles. The highest BCUT2D eigenvalue weighted by Gasteiger charge is 2.35. The van der Waals surface area contributed by atoms with E-state index >= 15 is 0 Å². The molecule has 1 aromatic rings. The van der Waals surface area contributed by atoms with Crippen LogP contribution in [0.4, 0.5) is 0 Å². The zero-order valence-electron chi connectivity index (χ0n) is 11.3. The maximum absolute atomic E-state index is 12.0. The summed E-state index contributed by atoms with van der Waals surface area (Å²) in [6, 6.07) is 6.44. The Hall–Kier alpha value is -1.35. The number of aryl methyl sites for hydroxylation is 2. The van der Waals surface area contributed by atoms with Crippen LogP contribution in [0, 0.1) is 19.8 Å². The molecule has 1 aromatic carbocycles. The van der Waals surface area contributed by atoms with E-state index in [1.807, 2.05) is 6.92 Å². The van der Waals surface area contributed by atoms with E-state index in [-0.39, 0.29) is 17.8 Å². The molecule has 1 aliphatic rings. The van der Waals surface area contributed by atoms with E-state index in [2.05, 4.69) is 37.4 Å². The van der Waals surface area contributed by atoms with Crippen molar-refractivity contribution in [3.8, 4) is 0 Å². The Labute approximate surface area is 109 Å². The fourth-order valence-electron chi connectivity index (χ4n) is 2.66. The molecule has 0 aromatic heterocycles. The molecular formula is C15H21NO2. The molecule has 1 N–H and O–H groups in total. The third-order valence-electron chi connectivity index (χ3n) is 3.64. The minimum Gasteiger partial charge on any atom is -0.466 e. The van der Waals surface area contributed by atoms with Crippen LogP contribution < -0.4 is 5.32 Å². The number of hydrogen-bond acceptors (Lipinski definition) is 3. The van der Waals surface area contributed by atoms with Crippen LogP contribution in [0.5, 0.6) is 0 Å². The van der Waals surface area contributed by atoms with E-state index in [0.717, 1.165) is 13.1 Å². The van der Waals surface area contributed by atoms with Gasteiger partial charge in [0.1, 0.15) is 0 Å². The summed E-state index contributed by atoms with van der Waals surface area (Å²) in [7, 11) is 0. The van der Waals surface area contributed by atoms with Gasteiger partial charge in [0.2, 0.25) is 0 Å². The molecule has 0 bridgehead atoms. The van der Waals surface area contributed by atoms with E-state index in [1.165, 1.54) is 16.7 Å². The van der Waals surface area contributed by atoms with Crippen LogP contribution >= 0.6 is 0 Å². The van der Waals surface area contributed by atoms with Gasteiger partial charge in [-0.1, -0.05) is 23.8 Å². The van der Waals surface area contributed by atoms with Crippen LogP contribution in [-0.4, -0.2) is 25.7 Å². The predicted octanol–water partition coefficient (Wildman–Crippen LogP) is 2.17. The second kappa shape index (κ2) is 5.53. The van der Waals surface area contributed by atoms with Crippen LogP contribution in [0.3, 0.4) is 0 Å². The molecule has 3 nitrogen and oxygen atoms in total. The molecule has 1 fully saturated rings. The van der Waals surface area contributed by atoms with Crippen LogP contribution in [0.25, 0.3) is 0 Å². The van der Waals surface area contributed by atoms with E-state index in [1.54, 1.807) is 0 Å². The molecule has 0 aliphatic carbocycles. The number of hydrogen-bond donors (Lipinski definition) is 1. The number of esters is 1. The average molecular weight is 247 g/mol. The van der Waals surface area contributed by atoms with Gasteiger partial charge in [-0.2, -0.15) is 0 Å². The first-order chi connectivity index (χ1) is 8.63. The van der Waals surface area contributed by atoms with Crippen LogP contribution in [-0.2, 0) is 9.53 Å². The standard InChI is InChI=1S/C15H21NO2/c1-4-18-15(17)14-9-16-8-13(14)12-7-10(2)5-6-11(12)3/h5-7,13-14,16H,4,8-9H2,1-3H3/t13-,14+/m0/s1. The molecule has 2 rings (SSSR count). The SMILES string of the molecule is CCOC(=O)[C@@H]1CNC[C@H]1c1cc(C)ccc1C. The number of rotatable bonds is 3. The Kier molecular flexibility index (Phi) is 4.02. The fraction of sp³-hybridized carbons (Fsp3) is 0.533. The van der Waals surface area contributed by atoms with Crippen molar-refractivity contribution < 1.29 is 9.53 Å². The van der Waals surface area contributed by atoms with E-state index < -0.39 is 0 Å². The number of benzene rings is 1. The zero-order valence-corrected chi connectivity index (χ0v) is 11.3. The Morgan fingerprint density at radius 3 is 2.89 bits per heavy atom. The van der Waals surface area contributed by atoms with Gasteiger partial charge in [0.15, 0.2) is 0 Å². The lowest BCUT2D eigenvalue weighted by Crippen LogP contribution is -2.24. The first kappa shape index (κ1) is 13.1. The first-order valence-corrected chi connectivity index (χ1v) is 6.58. The van der Waals surface area contributed by atoms with Crippen molar-refractivity contribution in [3.05, 3.63) is 34.9 Å². The molecule has 2 atom stereocenters. The van der Waals surface area contributed by atoms with Crippen molar-refractivity contribution in [1.29, 1.82) is 0 Å². The van der Waals surface area contributed by atoms with Gasteiger partial charge in [-0.25, -0.2) is 0 Å². The molecule has 3 heteroatoms. The molecule has 1 saturated heterocycles. The van der Waals surface area contributed by atoms with Crippen molar-refractivity contribution in [3.63, 3.8) is 0 Å². The summed E-state index contributed by atoms with van der Waals surface area (Å²) in [5.41, 5.74) is 3.77. The number of carbonyl (C=O) groups is 1. The maximum Gasteiger partial charge on any atom is 0.310 e. The Morgan fingerprint density at radius 1 is 1.39 bits per heavy atom. The Morgan fingerprint density at radius 2 is 2.17 bits per heavy atom. The van der Waals surface area contributed by atoms with E-state index in [4.69, 9.17) is 4.74 Å². The Bertz CT molecular complexity index is 442. The normalized spacial score (nSPS) is 23.1. The first-order valence-electron chi connectivity index (χ1n) is 6.58. The summed E-state index contributed by atoms with van der Waals surface area (Å²) in [6.07, 6.45) is 0. The molecule has 98 valence electrons.